The lowest BCUT2D eigenvalue weighted by atomic mass is 10.00. The van der Waals surface area contributed by atoms with Crippen LogP contribution in [0.1, 0.15) is 25.8 Å². The second-order valence-corrected chi connectivity index (χ2v) is 10.7. The minimum atomic E-state index is -4.05. The van der Waals surface area contributed by atoms with Gasteiger partial charge in [0.2, 0.25) is 10.0 Å². The number of hydrogen-bond donors (Lipinski definition) is 1. The van der Waals surface area contributed by atoms with Crippen LogP contribution in [0.2, 0.25) is 5.02 Å². The number of carboxylic acids is 1. The minimum Gasteiger partial charge on any atom is -0.491 e. The number of aliphatic carboxylic acids is 1. The third-order valence-electron chi connectivity index (χ3n) is 5.56. The number of ether oxygens (including phenoxy) is 1. The Balaban J connectivity index is 1.62. The van der Waals surface area contributed by atoms with Crippen molar-refractivity contribution in [2.45, 2.75) is 37.8 Å². The predicted octanol–water partition coefficient (Wildman–Crippen LogP) is 4.78. The zero-order valence-corrected chi connectivity index (χ0v) is 20.2. The van der Waals surface area contributed by atoms with Crippen molar-refractivity contribution in [1.82, 2.24) is 8.87 Å². The Morgan fingerprint density at radius 2 is 2.00 bits per heavy atom. The Bertz CT molecular complexity index is 1400. The van der Waals surface area contributed by atoms with Crippen LogP contribution in [-0.4, -0.2) is 47.6 Å². The molecule has 7 nitrogen and oxygen atoms in total. The number of halogens is 2. The Morgan fingerprint density at radius 3 is 2.62 bits per heavy atom. The normalized spacial score (nSPS) is 15.0. The predicted molar refractivity (Wildman–Crippen MR) is 128 cm³/mol. The molecular formula is C24H24ClFN2O5S. The molecular weight excluding hydrogens is 483 g/mol. The van der Waals surface area contributed by atoms with Crippen LogP contribution in [0, 0.1) is 5.82 Å². The highest BCUT2D eigenvalue weighted by Crippen LogP contribution is 2.34. The zero-order chi connectivity index (χ0) is 24.6. The van der Waals surface area contributed by atoms with Gasteiger partial charge in [0.05, 0.1) is 6.10 Å². The van der Waals surface area contributed by atoms with E-state index >= 15 is 0 Å². The second kappa shape index (κ2) is 9.40. The molecule has 1 aliphatic heterocycles. The monoisotopic (exact) mass is 506 g/mol. The molecule has 0 spiro atoms. The third-order valence-corrected chi connectivity index (χ3v) is 7.69. The first-order chi connectivity index (χ1) is 16.1. The number of hydrogen-bond acceptors (Lipinski definition) is 4. The van der Waals surface area contributed by atoms with Crippen molar-refractivity contribution in [2.24, 2.45) is 0 Å². The summed E-state index contributed by atoms with van der Waals surface area (Å²) in [5.41, 5.74) is 2.41. The number of carbonyl (C=O) groups is 1. The van der Waals surface area contributed by atoms with E-state index in [9.17, 15) is 22.7 Å². The van der Waals surface area contributed by atoms with Crippen molar-refractivity contribution >= 4 is 44.1 Å². The number of aromatic nitrogens is 1. The Hall–Kier alpha value is -2.88. The van der Waals surface area contributed by atoms with E-state index < -0.39 is 26.7 Å². The first-order valence-electron chi connectivity index (χ1n) is 10.7. The van der Waals surface area contributed by atoms with Crippen molar-refractivity contribution in [3.05, 3.63) is 65.1 Å². The molecule has 34 heavy (non-hydrogen) atoms. The van der Waals surface area contributed by atoms with Crippen LogP contribution in [0.25, 0.3) is 16.5 Å². The van der Waals surface area contributed by atoms with Crippen LogP contribution in [0.4, 0.5) is 4.39 Å². The molecule has 180 valence electrons. The summed E-state index contributed by atoms with van der Waals surface area (Å²) in [4.78, 5) is 10.9. The maximum Gasteiger partial charge on any atom is 0.323 e. The van der Waals surface area contributed by atoms with Crippen molar-refractivity contribution < 1.29 is 27.4 Å². The van der Waals surface area contributed by atoms with Crippen LogP contribution in [0.3, 0.4) is 0 Å². The maximum atomic E-state index is 14.6. The Labute approximate surface area is 202 Å². The van der Waals surface area contributed by atoms with E-state index in [4.69, 9.17) is 16.3 Å². The molecule has 0 radical (unpaired) electrons. The Kier molecular flexibility index (Phi) is 6.71. The van der Waals surface area contributed by atoms with Crippen molar-refractivity contribution in [3.63, 3.8) is 0 Å². The van der Waals surface area contributed by atoms with Gasteiger partial charge in [0.15, 0.2) is 0 Å². The average Bonchev–Trinajstić information content (AvgIpc) is 3.10. The van der Waals surface area contributed by atoms with E-state index in [1.54, 1.807) is 48.9 Å². The van der Waals surface area contributed by atoms with Crippen molar-refractivity contribution in [2.75, 3.05) is 13.1 Å². The zero-order valence-electron chi connectivity index (χ0n) is 18.7. The number of fused-ring (bicyclic) bond motifs is 1. The molecule has 10 heteroatoms. The fourth-order valence-electron chi connectivity index (χ4n) is 4.09. The SMILES string of the molecule is CC(C)Oc1ccc(S(=O)(=O)N2CC=C(c3cn(CC(=O)O)c4ccc(Cl)cc34)CC2)c(F)c1. The Morgan fingerprint density at radius 1 is 1.24 bits per heavy atom. The molecule has 0 amide bonds. The molecule has 0 fully saturated rings. The second-order valence-electron chi connectivity index (χ2n) is 8.33. The van der Waals surface area contributed by atoms with Gasteiger partial charge in [-0.2, -0.15) is 4.31 Å². The van der Waals surface area contributed by atoms with E-state index in [-0.39, 0.29) is 31.5 Å². The van der Waals surface area contributed by atoms with Gasteiger partial charge in [0, 0.05) is 46.8 Å². The summed E-state index contributed by atoms with van der Waals surface area (Å²) in [7, 11) is -4.05. The highest BCUT2D eigenvalue weighted by atomic mass is 35.5. The van der Waals surface area contributed by atoms with Crippen LogP contribution < -0.4 is 4.74 Å². The van der Waals surface area contributed by atoms with Gasteiger partial charge >= 0.3 is 5.97 Å². The number of benzene rings is 2. The van der Waals surface area contributed by atoms with Crippen molar-refractivity contribution in [3.8, 4) is 5.75 Å². The first kappa shape index (κ1) is 24.3. The summed E-state index contributed by atoms with van der Waals surface area (Å²) in [6.45, 7) is 3.61. The molecule has 0 bridgehead atoms. The first-order valence-corrected chi connectivity index (χ1v) is 12.5. The summed E-state index contributed by atoms with van der Waals surface area (Å²) in [5, 5.41) is 10.6. The largest absolute Gasteiger partial charge is 0.491 e. The van der Waals surface area contributed by atoms with E-state index in [1.165, 1.54) is 16.4 Å². The lowest BCUT2D eigenvalue weighted by molar-refractivity contribution is -0.137. The standard InChI is InChI=1S/C24H24ClFN2O5S/c1-15(2)33-18-4-6-23(21(26)12-18)34(31,32)28-9-7-16(8-10-28)20-13-27(14-24(29)30)22-5-3-17(25)11-19(20)22/h3-7,11-13,15H,8-10,14H2,1-2H3,(H,29,30). The van der Waals surface area contributed by atoms with Gasteiger partial charge in [-0.1, -0.05) is 17.7 Å². The van der Waals surface area contributed by atoms with E-state index in [0.717, 1.165) is 28.1 Å². The van der Waals surface area contributed by atoms with Gasteiger partial charge in [0.1, 0.15) is 23.0 Å². The highest BCUT2D eigenvalue weighted by molar-refractivity contribution is 7.89. The maximum absolute atomic E-state index is 14.6. The molecule has 1 aliphatic rings. The van der Waals surface area contributed by atoms with Crippen LogP contribution in [0.15, 0.2) is 53.6 Å². The van der Waals surface area contributed by atoms with Crippen molar-refractivity contribution in [1.29, 1.82) is 0 Å². The molecule has 3 aromatic rings. The average molecular weight is 507 g/mol. The highest BCUT2D eigenvalue weighted by Gasteiger charge is 2.30. The lowest BCUT2D eigenvalue weighted by Crippen LogP contribution is -2.35. The molecule has 0 unspecified atom stereocenters. The summed E-state index contributed by atoms with van der Waals surface area (Å²) < 4.78 is 49.1. The molecule has 2 aromatic carbocycles. The smallest absolute Gasteiger partial charge is 0.323 e. The number of carboxylic acid groups (broad SMARTS) is 1. The van der Waals surface area contributed by atoms with Gasteiger partial charge in [-0.25, -0.2) is 12.8 Å². The molecule has 4 rings (SSSR count). The quantitative estimate of drug-likeness (QED) is 0.498. The summed E-state index contributed by atoms with van der Waals surface area (Å²) >= 11 is 6.17. The number of rotatable bonds is 7. The topological polar surface area (TPSA) is 88.8 Å². The van der Waals surface area contributed by atoms with Gasteiger partial charge < -0.3 is 14.4 Å². The number of nitrogens with zero attached hydrogens (tertiary/aromatic N) is 2. The molecule has 0 atom stereocenters. The fourth-order valence-corrected chi connectivity index (χ4v) is 5.69. The molecule has 0 saturated carbocycles. The van der Waals surface area contributed by atoms with Gasteiger partial charge in [0.25, 0.3) is 0 Å². The summed E-state index contributed by atoms with van der Waals surface area (Å²) in [5.74, 6) is -1.57. The van der Waals surface area contributed by atoms with Crippen LogP contribution in [0.5, 0.6) is 5.75 Å². The summed E-state index contributed by atoms with van der Waals surface area (Å²) in [6.07, 6.45) is 3.74. The minimum absolute atomic E-state index is 0.0630. The van der Waals surface area contributed by atoms with Crippen LogP contribution >= 0.6 is 11.6 Å². The van der Waals surface area contributed by atoms with E-state index in [2.05, 4.69) is 0 Å². The molecule has 2 heterocycles. The lowest BCUT2D eigenvalue weighted by Gasteiger charge is -2.26. The van der Waals surface area contributed by atoms with E-state index in [1.807, 2.05) is 0 Å². The third kappa shape index (κ3) is 4.82. The van der Waals surface area contributed by atoms with Gasteiger partial charge in [-0.15, -0.1) is 0 Å². The van der Waals surface area contributed by atoms with E-state index in [0.29, 0.717) is 11.4 Å². The van der Waals surface area contributed by atoms with Crippen LogP contribution in [-0.2, 0) is 21.4 Å². The van der Waals surface area contributed by atoms with Gasteiger partial charge in [-0.3, -0.25) is 4.79 Å². The molecule has 0 aliphatic carbocycles. The molecule has 0 saturated heterocycles. The molecule has 1 aromatic heterocycles. The summed E-state index contributed by atoms with van der Waals surface area (Å²) in [6, 6.07) is 8.98. The fraction of sp³-hybridized carbons (Fsp3) is 0.292. The van der Waals surface area contributed by atoms with Gasteiger partial charge in [-0.05, 0) is 56.2 Å². The molecule has 1 N–H and O–H groups in total. The number of sulfonamides is 1.